The summed E-state index contributed by atoms with van der Waals surface area (Å²) in [6.45, 7) is 1.97. The van der Waals surface area contributed by atoms with Crippen LogP contribution in [0.1, 0.15) is 31.7 Å². The molecule has 0 aliphatic carbocycles. The van der Waals surface area contributed by atoms with Gasteiger partial charge in [-0.05, 0) is 25.8 Å². The first-order valence-corrected chi connectivity index (χ1v) is 9.62. The van der Waals surface area contributed by atoms with E-state index in [1.54, 1.807) is 17.0 Å². The van der Waals surface area contributed by atoms with Gasteiger partial charge in [0.15, 0.2) is 0 Å². The molecule has 2 fully saturated rings. The van der Waals surface area contributed by atoms with Crippen molar-refractivity contribution in [3.05, 3.63) is 39.9 Å². The second-order valence-corrected chi connectivity index (χ2v) is 7.88. The van der Waals surface area contributed by atoms with Crippen LogP contribution < -0.4 is 4.90 Å². The lowest BCUT2D eigenvalue weighted by molar-refractivity contribution is -0.598. The molecule has 1 N–H and O–H groups in total. The van der Waals surface area contributed by atoms with Crippen LogP contribution in [0.25, 0.3) is 0 Å². The van der Waals surface area contributed by atoms with E-state index < -0.39 is 36.1 Å². The molecule has 0 aromatic heterocycles. The number of aliphatic hydroxyl groups is 1. The Hall–Kier alpha value is -2.07. The number of ether oxygens (including phenoxy) is 2. The molecule has 1 aromatic rings. The Bertz CT molecular complexity index is 777. The van der Waals surface area contributed by atoms with Crippen LogP contribution >= 0.6 is 0 Å². The fraction of sp³-hybridized carbons (Fsp3) is 0.632. The Kier molecular flexibility index (Phi) is 4.86. The number of carbonyl (C=O) groups excluding carboxylic acids is 1. The molecule has 3 aliphatic heterocycles. The van der Waals surface area contributed by atoms with Crippen LogP contribution in [0.5, 0.6) is 0 Å². The van der Waals surface area contributed by atoms with Crippen molar-refractivity contribution in [3.63, 3.8) is 0 Å². The molecular weight excluding hydrogens is 366 g/mol. The molecule has 1 atom stereocenters. The van der Waals surface area contributed by atoms with Gasteiger partial charge in [-0.3, -0.25) is 24.7 Å². The van der Waals surface area contributed by atoms with Gasteiger partial charge >= 0.3 is 0 Å². The SMILES string of the molecule is CC1CCCCN1CN1C(=O)C2(OCC(CO)([N+](=O)[O-])CO2)c2ccccc21. The molecule has 152 valence electrons. The van der Waals surface area contributed by atoms with Crippen LogP contribution in [0.3, 0.4) is 0 Å². The quantitative estimate of drug-likeness (QED) is 0.605. The summed E-state index contributed by atoms with van der Waals surface area (Å²) in [4.78, 5) is 28.1. The highest BCUT2D eigenvalue weighted by Gasteiger charge is 2.61. The lowest BCUT2D eigenvalue weighted by atomic mass is 10.00. The Labute approximate surface area is 163 Å². The van der Waals surface area contributed by atoms with Gasteiger partial charge in [0.05, 0.1) is 12.4 Å². The highest BCUT2D eigenvalue weighted by molar-refractivity contribution is 6.06. The highest BCUT2D eigenvalue weighted by Crippen LogP contribution is 2.46. The number of fused-ring (bicyclic) bond motifs is 2. The summed E-state index contributed by atoms with van der Waals surface area (Å²) in [6, 6.07) is 7.59. The van der Waals surface area contributed by atoms with Crippen molar-refractivity contribution >= 4 is 11.6 Å². The van der Waals surface area contributed by atoms with Crippen molar-refractivity contribution in [1.82, 2.24) is 4.90 Å². The monoisotopic (exact) mass is 391 g/mol. The van der Waals surface area contributed by atoms with Crippen molar-refractivity contribution in [3.8, 4) is 0 Å². The van der Waals surface area contributed by atoms with Gasteiger partial charge in [0.2, 0.25) is 0 Å². The van der Waals surface area contributed by atoms with E-state index in [-0.39, 0.29) is 5.91 Å². The molecule has 0 radical (unpaired) electrons. The molecule has 1 aromatic carbocycles. The number of likely N-dealkylation sites (tertiary alicyclic amines) is 1. The number of amides is 1. The van der Waals surface area contributed by atoms with Crippen molar-refractivity contribution in [2.24, 2.45) is 0 Å². The molecule has 3 aliphatic rings. The fourth-order valence-electron chi connectivity index (χ4n) is 4.17. The van der Waals surface area contributed by atoms with E-state index in [0.29, 0.717) is 24.0 Å². The summed E-state index contributed by atoms with van der Waals surface area (Å²) in [5.74, 6) is -2.06. The normalized spacial score (nSPS) is 33.3. The molecular formula is C19H25N3O6. The number of benzene rings is 1. The summed E-state index contributed by atoms with van der Waals surface area (Å²) in [5.41, 5.74) is -0.502. The van der Waals surface area contributed by atoms with Gasteiger partial charge in [-0.25, -0.2) is 0 Å². The predicted molar refractivity (Wildman–Crippen MR) is 99.2 cm³/mol. The topological polar surface area (TPSA) is 105 Å². The Morgan fingerprint density at radius 2 is 2.00 bits per heavy atom. The second kappa shape index (κ2) is 7.07. The van der Waals surface area contributed by atoms with Gasteiger partial charge in [-0.15, -0.1) is 0 Å². The standard InChI is InChI=1S/C19H25N3O6/c1-14-6-4-5-9-20(14)13-21-16-8-3-2-7-15(16)19(17(21)24)27-11-18(10-23,12-28-19)22(25)26/h2-3,7-8,14,23H,4-6,9-13H2,1H3. The van der Waals surface area contributed by atoms with Gasteiger partial charge in [-0.1, -0.05) is 24.6 Å². The number of anilines is 1. The number of piperidine rings is 1. The van der Waals surface area contributed by atoms with Crippen molar-refractivity contribution in [2.75, 3.05) is 37.9 Å². The summed E-state index contributed by atoms with van der Waals surface area (Å²) >= 11 is 0. The Balaban J connectivity index is 1.63. The number of hydrogen-bond acceptors (Lipinski definition) is 7. The van der Waals surface area contributed by atoms with Crippen LogP contribution in [-0.2, 0) is 20.1 Å². The van der Waals surface area contributed by atoms with Crippen LogP contribution in [-0.4, -0.2) is 65.5 Å². The number of nitrogens with zero attached hydrogens (tertiary/aromatic N) is 3. The van der Waals surface area contributed by atoms with Gasteiger partial charge in [-0.2, -0.15) is 0 Å². The molecule has 2 saturated heterocycles. The number of para-hydroxylation sites is 1. The van der Waals surface area contributed by atoms with Crippen molar-refractivity contribution in [1.29, 1.82) is 0 Å². The van der Waals surface area contributed by atoms with Crippen LogP contribution in [0.2, 0.25) is 0 Å². The largest absolute Gasteiger partial charge is 0.389 e. The Morgan fingerprint density at radius 1 is 1.29 bits per heavy atom. The fourth-order valence-corrected chi connectivity index (χ4v) is 4.17. The van der Waals surface area contributed by atoms with E-state index in [9.17, 15) is 20.0 Å². The molecule has 9 nitrogen and oxygen atoms in total. The molecule has 1 spiro atoms. The number of aliphatic hydroxyl groups excluding tert-OH is 1. The Morgan fingerprint density at radius 3 is 2.64 bits per heavy atom. The van der Waals surface area contributed by atoms with E-state index in [2.05, 4.69) is 11.8 Å². The van der Waals surface area contributed by atoms with Crippen molar-refractivity contribution < 1.29 is 24.3 Å². The first-order valence-electron chi connectivity index (χ1n) is 9.62. The van der Waals surface area contributed by atoms with E-state index in [4.69, 9.17) is 9.47 Å². The van der Waals surface area contributed by atoms with Gasteiger partial charge in [0, 0.05) is 23.1 Å². The van der Waals surface area contributed by atoms with E-state index in [1.807, 2.05) is 12.1 Å². The minimum atomic E-state index is -1.75. The molecule has 0 bridgehead atoms. The summed E-state index contributed by atoms with van der Waals surface area (Å²) in [5, 5.41) is 20.9. The maximum absolute atomic E-state index is 13.4. The van der Waals surface area contributed by atoms with Crippen LogP contribution in [0.15, 0.2) is 24.3 Å². The molecule has 9 heteroatoms. The zero-order valence-electron chi connectivity index (χ0n) is 15.9. The predicted octanol–water partition coefficient (Wildman–Crippen LogP) is 1.07. The minimum Gasteiger partial charge on any atom is -0.389 e. The van der Waals surface area contributed by atoms with Crippen LogP contribution in [0.4, 0.5) is 5.69 Å². The summed E-state index contributed by atoms with van der Waals surface area (Å²) in [7, 11) is 0. The number of rotatable bonds is 4. The maximum Gasteiger partial charge on any atom is 0.293 e. The third kappa shape index (κ3) is 2.81. The number of nitro groups is 1. The van der Waals surface area contributed by atoms with E-state index in [1.165, 1.54) is 6.42 Å². The summed E-state index contributed by atoms with van der Waals surface area (Å²) < 4.78 is 11.5. The number of hydrogen-bond donors (Lipinski definition) is 1. The second-order valence-electron chi connectivity index (χ2n) is 7.88. The lowest BCUT2D eigenvalue weighted by Crippen LogP contribution is -2.61. The van der Waals surface area contributed by atoms with E-state index in [0.717, 1.165) is 19.4 Å². The average Bonchev–Trinajstić information content (AvgIpc) is 2.93. The molecule has 28 heavy (non-hydrogen) atoms. The highest BCUT2D eigenvalue weighted by atomic mass is 16.7. The van der Waals surface area contributed by atoms with Gasteiger partial charge < -0.3 is 14.6 Å². The minimum absolute atomic E-state index is 0.370. The zero-order chi connectivity index (χ0) is 19.9. The third-order valence-corrected chi connectivity index (χ3v) is 6.11. The van der Waals surface area contributed by atoms with Crippen LogP contribution in [0, 0.1) is 10.1 Å². The molecule has 1 unspecified atom stereocenters. The van der Waals surface area contributed by atoms with Gasteiger partial charge in [0.25, 0.3) is 17.2 Å². The zero-order valence-corrected chi connectivity index (χ0v) is 15.9. The first-order chi connectivity index (χ1) is 13.4. The van der Waals surface area contributed by atoms with E-state index >= 15 is 0 Å². The molecule has 0 saturated carbocycles. The smallest absolute Gasteiger partial charge is 0.293 e. The number of carbonyl (C=O) groups is 1. The maximum atomic E-state index is 13.4. The average molecular weight is 391 g/mol. The lowest BCUT2D eigenvalue weighted by Gasteiger charge is -2.39. The van der Waals surface area contributed by atoms with Crippen molar-refractivity contribution in [2.45, 2.75) is 43.6 Å². The summed E-state index contributed by atoms with van der Waals surface area (Å²) in [6.07, 6.45) is 3.36. The molecule has 1 amide bonds. The first kappa shape index (κ1) is 19.3. The third-order valence-electron chi connectivity index (χ3n) is 6.11. The molecule has 3 heterocycles. The molecule has 4 rings (SSSR count). The van der Waals surface area contributed by atoms with Gasteiger partial charge in [0.1, 0.15) is 19.8 Å².